The molecule has 19 heavy (non-hydrogen) atoms. The van der Waals surface area contributed by atoms with Gasteiger partial charge < -0.3 is 10.5 Å². The molecule has 0 fully saturated rings. The predicted molar refractivity (Wildman–Crippen MR) is 78.1 cm³/mol. The SMILES string of the molecule is COCc1nc(-c2ncc(Cl)cc2Cl)nc(N)c1Br. The van der Waals surface area contributed by atoms with Crippen molar-refractivity contribution < 1.29 is 4.74 Å². The van der Waals surface area contributed by atoms with E-state index >= 15 is 0 Å². The lowest BCUT2D eigenvalue weighted by Crippen LogP contribution is -2.04. The second-order valence-electron chi connectivity index (χ2n) is 3.61. The normalized spacial score (nSPS) is 10.7. The van der Waals surface area contributed by atoms with Crippen molar-refractivity contribution in [3.05, 3.63) is 32.5 Å². The van der Waals surface area contributed by atoms with Crippen LogP contribution >= 0.6 is 39.1 Å². The van der Waals surface area contributed by atoms with Crippen molar-refractivity contribution in [1.29, 1.82) is 0 Å². The fourth-order valence-corrected chi connectivity index (χ4v) is 2.19. The number of nitrogen functional groups attached to an aromatic ring is 1. The molecule has 0 bridgehead atoms. The molecule has 2 rings (SSSR count). The Morgan fingerprint density at radius 1 is 1.37 bits per heavy atom. The standard InChI is InChI=1S/C11H9BrCl2N4O/c1-19-4-7-8(12)10(15)18-11(17-7)9-6(14)2-5(13)3-16-9/h2-3H,4H2,1H3,(H2,15,17,18). The molecule has 0 spiro atoms. The van der Waals surface area contributed by atoms with Gasteiger partial charge in [0.1, 0.15) is 11.5 Å². The fraction of sp³-hybridized carbons (Fsp3) is 0.182. The molecule has 0 amide bonds. The van der Waals surface area contributed by atoms with Gasteiger partial charge in [-0.2, -0.15) is 0 Å². The summed E-state index contributed by atoms with van der Waals surface area (Å²) >= 11 is 15.2. The number of hydrogen-bond acceptors (Lipinski definition) is 5. The van der Waals surface area contributed by atoms with Crippen LogP contribution in [0.2, 0.25) is 10.0 Å². The van der Waals surface area contributed by atoms with E-state index in [-0.39, 0.29) is 0 Å². The molecule has 2 aromatic rings. The quantitative estimate of drug-likeness (QED) is 0.905. The molecule has 5 nitrogen and oxygen atoms in total. The van der Waals surface area contributed by atoms with E-state index in [1.165, 1.54) is 6.20 Å². The molecule has 0 aliphatic carbocycles. The number of hydrogen-bond donors (Lipinski definition) is 1. The number of pyridine rings is 1. The van der Waals surface area contributed by atoms with Crippen LogP contribution in [-0.4, -0.2) is 22.1 Å². The average Bonchev–Trinajstić information content (AvgIpc) is 2.35. The van der Waals surface area contributed by atoms with Crippen molar-refractivity contribution >= 4 is 44.9 Å². The minimum absolute atomic E-state index is 0.296. The fourth-order valence-electron chi connectivity index (χ4n) is 1.43. The van der Waals surface area contributed by atoms with Crippen LogP contribution in [0.5, 0.6) is 0 Å². The lowest BCUT2D eigenvalue weighted by molar-refractivity contribution is 0.181. The molecule has 0 unspecified atom stereocenters. The third kappa shape index (κ3) is 3.14. The maximum absolute atomic E-state index is 6.07. The van der Waals surface area contributed by atoms with Gasteiger partial charge in [0.2, 0.25) is 0 Å². The van der Waals surface area contributed by atoms with Gasteiger partial charge in [-0.3, -0.25) is 0 Å². The Labute approximate surface area is 128 Å². The Bertz CT molecular complexity index is 624. The number of ether oxygens (including phenoxy) is 1. The van der Waals surface area contributed by atoms with E-state index < -0.39 is 0 Å². The minimum atomic E-state index is 0.296. The largest absolute Gasteiger partial charge is 0.383 e. The van der Waals surface area contributed by atoms with Crippen LogP contribution in [0.25, 0.3) is 11.5 Å². The molecule has 2 N–H and O–H groups in total. The highest BCUT2D eigenvalue weighted by molar-refractivity contribution is 9.10. The monoisotopic (exact) mass is 362 g/mol. The van der Waals surface area contributed by atoms with Crippen LogP contribution < -0.4 is 5.73 Å². The second-order valence-corrected chi connectivity index (χ2v) is 5.25. The van der Waals surface area contributed by atoms with Crippen molar-refractivity contribution in [2.45, 2.75) is 6.61 Å². The number of methoxy groups -OCH3 is 1. The Kier molecular flexibility index (Phi) is 4.57. The van der Waals surface area contributed by atoms with E-state index in [0.29, 0.717) is 44.2 Å². The number of aromatic nitrogens is 3. The van der Waals surface area contributed by atoms with Crippen molar-refractivity contribution in [3.63, 3.8) is 0 Å². The highest BCUT2D eigenvalue weighted by Gasteiger charge is 2.15. The summed E-state index contributed by atoms with van der Waals surface area (Å²) < 4.78 is 5.65. The number of anilines is 1. The first-order valence-electron chi connectivity index (χ1n) is 5.15. The summed E-state index contributed by atoms with van der Waals surface area (Å²) in [6, 6.07) is 1.57. The highest BCUT2D eigenvalue weighted by Crippen LogP contribution is 2.29. The predicted octanol–water partition coefficient (Wildman–Crippen LogP) is 3.34. The molecule has 0 aliphatic rings. The van der Waals surface area contributed by atoms with E-state index in [1.54, 1.807) is 13.2 Å². The molecule has 0 saturated heterocycles. The Hall–Kier alpha value is -0.950. The van der Waals surface area contributed by atoms with Crippen molar-refractivity contribution in [1.82, 2.24) is 15.0 Å². The van der Waals surface area contributed by atoms with Gasteiger partial charge in [0.15, 0.2) is 5.82 Å². The minimum Gasteiger partial charge on any atom is -0.383 e. The molecule has 2 aromatic heterocycles. The van der Waals surface area contributed by atoms with Crippen LogP contribution in [0.3, 0.4) is 0 Å². The number of nitrogens with two attached hydrogens (primary N) is 1. The summed E-state index contributed by atoms with van der Waals surface area (Å²) in [4.78, 5) is 12.6. The van der Waals surface area contributed by atoms with Crippen molar-refractivity contribution in [3.8, 4) is 11.5 Å². The molecule has 0 aliphatic heterocycles. The molecule has 0 aromatic carbocycles. The van der Waals surface area contributed by atoms with Crippen molar-refractivity contribution in [2.24, 2.45) is 0 Å². The average molecular weight is 364 g/mol. The molecule has 0 radical (unpaired) electrons. The summed E-state index contributed by atoms with van der Waals surface area (Å²) in [7, 11) is 1.57. The van der Waals surface area contributed by atoms with Gasteiger partial charge >= 0.3 is 0 Å². The van der Waals surface area contributed by atoms with Crippen LogP contribution in [0.4, 0.5) is 5.82 Å². The molecular formula is C11H9BrCl2N4O. The van der Waals surface area contributed by atoms with Gasteiger partial charge in [0.25, 0.3) is 0 Å². The van der Waals surface area contributed by atoms with Crippen molar-refractivity contribution in [2.75, 3.05) is 12.8 Å². The van der Waals surface area contributed by atoms with Gasteiger partial charge in [-0.05, 0) is 22.0 Å². The smallest absolute Gasteiger partial charge is 0.182 e. The molecular weight excluding hydrogens is 355 g/mol. The lowest BCUT2D eigenvalue weighted by Gasteiger charge is -2.09. The molecule has 8 heteroatoms. The van der Waals surface area contributed by atoms with Crippen LogP contribution in [0.1, 0.15) is 5.69 Å². The molecule has 100 valence electrons. The van der Waals surface area contributed by atoms with E-state index in [0.717, 1.165) is 0 Å². The summed E-state index contributed by atoms with van der Waals surface area (Å²) in [5, 5.41) is 0.800. The summed E-state index contributed by atoms with van der Waals surface area (Å²) in [5.74, 6) is 0.624. The second kappa shape index (κ2) is 6.00. The third-order valence-corrected chi connectivity index (χ3v) is 3.60. The zero-order valence-corrected chi connectivity index (χ0v) is 12.9. The zero-order valence-electron chi connectivity index (χ0n) is 9.82. The first-order valence-corrected chi connectivity index (χ1v) is 6.70. The first kappa shape index (κ1) is 14.5. The molecule has 0 atom stereocenters. The van der Waals surface area contributed by atoms with Crippen LogP contribution in [0.15, 0.2) is 16.7 Å². The van der Waals surface area contributed by atoms with Gasteiger partial charge in [0.05, 0.1) is 26.8 Å². The van der Waals surface area contributed by atoms with Gasteiger partial charge in [-0.15, -0.1) is 0 Å². The Morgan fingerprint density at radius 3 is 2.74 bits per heavy atom. The first-order chi connectivity index (χ1) is 9.02. The Morgan fingerprint density at radius 2 is 2.11 bits per heavy atom. The maximum atomic E-state index is 6.07. The maximum Gasteiger partial charge on any atom is 0.182 e. The highest BCUT2D eigenvalue weighted by atomic mass is 79.9. The summed E-state index contributed by atoms with van der Waals surface area (Å²) in [6.07, 6.45) is 1.47. The number of halogens is 3. The van der Waals surface area contributed by atoms with E-state index in [9.17, 15) is 0 Å². The van der Waals surface area contributed by atoms with Gasteiger partial charge in [-0.1, -0.05) is 23.2 Å². The zero-order chi connectivity index (χ0) is 14.0. The summed E-state index contributed by atoms with van der Waals surface area (Å²) in [6.45, 7) is 0.297. The topological polar surface area (TPSA) is 73.9 Å². The Balaban J connectivity index is 2.56. The van der Waals surface area contributed by atoms with E-state index in [4.69, 9.17) is 33.7 Å². The summed E-state index contributed by atoms with van der Waals surface area (Å²) in [5.41, 5.74) is 6.86. The molecule has 2 heterocycles. The van der Waals surface area contributed by atoms with Gasteiger partial charge in [0, 0.05) is 13.3 Å². The van der Waals surface area contributed by atoms with Crippen LogP contribution in [-0.2, 0) is 11.3 Å². The van der Waals surface area contributed by atoms with Gasteiger partial charge in [-0.25, -0.2) is 15.0 Å². The number of rotatable bonds is 3. The van der Waals surface area contributed by atoms with Crippen LogP contribution in [0, 0.1) is 0 Å². The van der Waals surface area contributed by atoms with E-state index in [1.807, 2.05) is 0 Å². The number of nitrogens with zero attached hydrogens (tertiary/aromatic N) is 3. The molecule has 0 saturated carbocycles. The third-order valence-electron chi connectivity index (χ3n) is 2.25. The van der Waals surface area contributed by atoms with E-state index in [2.05, 4.69) is 30.9 Å². The lowest BCUT2D eigenvalue weighted by atomic mass is 10.3.